The third kappa shape index (κ3) is 3.95. The van der Waals surface area contributed by atoms with Crippen molar-refractivity contribution >= 4 is 28.8 Å². The molecule has 3 rings (SSSR count). The quantitative estimate of drug-likeness (QED) is 0.876. The van der Waals surface area contributed by atoms with Gasteiger partial charge in [-0.2, -0.15) is 0 Å². The lowest BCUT2D eigenvalue weighted by Gasteiger charge is -2.36. The molecule has 140 valence electrons. The van der Waals surface area contributed by atoms with Gasteiger partial charge in [-0.1, -0.05) is 57.5 Å². The zero-order valence-electron chi connectivity index (χ0n) is 15.6. The van der Waals surface area contributed by atoms with Gasteiger partial charge in [0, 0.05) is 5.56 Å². The molecule has 0 bridgehead atoms. The Morgan fingerprint density at radius 3 is 2.35 bits per heavy atom. The minimum Gasteiger partial charge on any atom is -0.347 e. The van der Waals surface area contributed by atoms with Crippen LogP contribution in [0, 0.1) is 0 Å². The van der Waals surface area contributed by atoms with Crippen molar-refractivity contribution in [2.45, 2.75) is 64.0 Å². The third-order valence-corrected chi connectivity index (χ3v) is 6.01. The van der Waals surface area contributed by atoms with Gasteiger partial charge in [-0.05, 0) is 36.0 Å². The summed E-state index contributed by atoms with van der Waals surface area (Å²) in [7, 11) is 0. The molecule has 1 aliphatic carbocycles. The van der Waals surface area contributed by atoms with Crippen LogP contribution in [-0.2, 0) is 10.2 Å². The lowest BCUT2D eigenvalue weighted by atomic mass is 9.86. The highest BCUT2D eigenvalue weighted by Crippen LogP contribution is 2.30. The molecule has 0 aromatic heterocycles. The molecule has 3 amide bonds. The van der Waals surface area contributed by atoms with E-state index < -0.39 is 0 Å². The molecule has 0 radical (unpaired) electrons. The van der Waals surface area contributed by atoms with Crippen LogP contribution in [0.1, 0.15) is 62.4 Å². The molecule has 1 saturated carbocycles. The summed E-state index contributed by atoms with van der Waals surface area (Å²) in [5.74, 6) is -0.0700. The van der Waals surface area contributed by atoms with E-state index in [-0.39, 0.29) is 40.3 Å². The van der Waals surface area contributed by atoms with E-state index in [1.165, 1.54) is 10.5 Å². The summed E-state index contributed by atoms with van der Waals surface area (Å²) in [6.45, 7) is 6.41. The van der Waals surface area contributed by atoms with Gasteiger partial charge in [0.05, 0.1) is 17.8 Å². The molecular weight excluding hydrogens is 348 g/mol. The Labute approximate surface area is 158 Å². The number of hydrogen-bond acceptors (Lipinski definition) is 4. The summed E-state index contributed by atoms with van der Waals surface area (Å²) in [5, 5.41) is 2.88. The molecule has 1 saturated heterocycles. The molecule has 1 heterocycles. The van der Waals surface area contributed by atoms with Gasteiger partial charge in [0.25, 0.3) is 11.1 Å². The predicted molar refractivity (Wildman–Crippen MR) is 103 cm³/mol. The molecule has 1 aromatic rings. The van der Waals surface area contributed by atoms with Crippen LogP contribution in [0.4, 0.5) is 4.79 Å². The molecule has 6 heteroatoms. The van der Waals surface area contributed by atoms with Crippen molar-refractivity contribution in [2.75, 3.05) is 5.75 Å². The Morgan fingerprint density at radius 2 is 1.77 bits per heavy atom. The monoisotopic (exact) mass is 374 g/mol. The highest BCUT2D eigenvalue weighted by molar-refractivity contribution is 8.14. The fourth-order valence-corrected chi connectivity index (χ4v) is 4.41. The summed E-state index contributed by atoms with van der Waals surface area (Å²) in [6, 6.07) is 7.25. The predicted octanol–water partition coefficient (Wildman–Crippen LogP) is 3.72. The average Bonchev–Trinajstić information content (AvgIpc) is 2.93. The van der Waals surface area contributed by atoms with Crippen LogP contribution in [0.5, 0.6) is 0 Å². The molecule has 1 aromatic carbocycles. The average molecular weight is 375 g/mol. The van der Waals surface area contributed by atoms with Crippen LogP contribution < -0.4 is 5.32 Å². The molecule has 2 fully saturated rings. The van der Waals surface area contributed by atoms with Crippen LogP contribution in [0.3, 0.4) is 0 Å². The summed E-state index contributed by atoms with van der Waals surface area (Å²) < 4.78 is 0. The highest BCUT2D eigenvalue weighted by Gasteiger charge is 2.41. The van der Waals surface area contributed by atoms with Gasteiger partial charge in [-0.25, -0.2) is 0 Å². The number of imide groups is 1. The van der Waals surface area contributed by atoms with Gasteiger partial charge >= 0.3 is 0 Å². The van der Waals surface area contributed by atoms with Crippen molar-refractivity contribution in [3.05, 3.63) is 35.4 Å². The molecule has 26 heavy (non-hydrogen) atoms. The maximum atomic E-state index is 12.7. The lowest BCUT2D eigenvalue weighted by molar-refractivity contribution is -0.127. The standard InChI is InChI=1S/C20H26N2O3S/c1-20(2,3)14-10-8-13(9-11-14)18(24)21-15-6-4-5-7-16(15)22-17(23)12-26-19(22)25/h8-11,15-16H,4-7,12H2,1-3H3,(H,21,24). The number of hydrogen-bond donors (Lipinski definition) is 1. The molecule has 2 unspecified atom stereocenters. The molecule has 2 atom stereocenters. The highest BCUT2D eigenvalue weighted by atomic mass is 32.2. The number of carbonyl (C=O) groups is 3. The first-order chi connectivity index (χ1) is 12.3. The van der Waals surface area contributed by atoms with Gasteiger partial charge in [0.1, 0.15) is 0 Å². The fraction of sp³-hybridized carbons (Fsp3) is 0.550. The van der Waals surface area contributed by atoms with E-state index in [2.05, 4.69) is 26.1 Å². The number of benzene rings is 1. The summed E-state index contributed by atoms with van der Waals surface area (Å²) >= 11 is 1.05. The number of nitrogens with zero attached hydrogens (tertiary/aromatic N) is 1. The summed E-state index contributed by atoms with van der Waals surface area (Å²) in [5.41, 5.74) is 1.82. The molecule has 1 aliphatic heterocycles. The van der Waals surface area contributed by atoms with Crippen molar-refractivity contribution in [3.8, 4) is 0 Å². The van der Waals surface area contributed by atoms with Crippen LogP contribution in [0.25, 0.3) is 0 Å². The number of rotatable bonds is 3. The topological polar surface area (TPSA) is 66.5 Å². The van der Waals surface area contributed by atoms with Crippen molar-refractivity contribution in [2.24, 2.45) is 0 Å². The molecular formula is C20H26N2O3S. The zero-order chi connectivity index (χ0) is 18.9. The van der Waals surface area contributed by atoms with Gasteiger partial charge in [0.15, 0.2) is 0 Å². The van der Waals surface area contributed by atoms with Crippen LogP contribution in [0.2, 0.25) is 0 Å². The first-order valence-corrected chi connectivity index (χ1v) is 10.2. The van der Waals surface area contributed by atoms with E-state index in [0.717, 1.165) is 37.4 Å². The van der Waals surface area contributed by atoms with E-state index in [1.54, 1.807) is 0 Å². The van der Waals surface area contributed by atoms with E-state index in [0.29, 0.717) is 5.56 Å². The summed E-state index contributed by atoms with van der Waals surface area (Å²) in [4.78, 5) is 38.2. The second-order valence-corrected chi connectivity index (χ2v) is 9.00. The Kier molecular flexibility index (Phi) is 5.42. The Morgan fingerprint density at radius 1 is 1.12 bits per heavy atom. The maximum absolute atomic E-state index is 12.7. The summed E-state index contributed by atoms with van der Waals surface area (Å²) in [6.07, 6.45) is 3.51. The zero-order valence-corrected chi connectivity index (χ0v) is 16.4. The Bertz CT molecular complexity index is 693. The van der Waals surface area contributed by atoms with Gasteiger partial charge in [-0.15, -0.1) is 0 Å². The van der Waals surface area contributed by atoms with E-state index >= 15 is 0 Å². The second kappa shape index (κ2) is 7.43. The third-order valence-electron chi connectivity index (χ3n) is 5.18. The first kappa shape index (κ1) is 19.0. The minimum absolute atomic E-state index is 0.0393. The Hall–Kier alpha value is -1.82. The van der Waals surface area contributed by atoms with Gasteiger partial charge in [0.2, 0.25) is 5.91 Å². The van der Waals surface area contributed by atoms with Gasteiger partial charge in [-0.3, -0.25) is 19.3 Å². The van der Waals surface area contributed by atoms with Crippen LogP contribution in [0.15, 0.2) is 24.3 Å². The van der Waals surface area contributed by atoms with Crippen molar-refractivity contribution in [3.63, 3.8) is 0 Å². The van der Waals surface area contributed by atoms with E-state index in [4.69, 9.17) is 0 Å². The van der Waals surface area contributed by atoms with Crippen molar-refractivity contribution < 1.29 is 14.4 Å². The molecule has 2 aliphatic rings. The van der Waals surface area contributed by atoms with Crippen molar-refractivity contribution in [1.82, 2.24) is 10.2 Å². The van der Waals surface area contributed by atoms with E-state index in [9.17, 15) is 14.4 Å². The fourth-order valence-electron chi connectivity index (χ4n) is 3.65. The van der Waals surface area contributed by atoms with Crippen LogP contribution >= 0.6 is 11.8 Å². The normalized spacial score (nSPS) is 24.0. The molecule has 0 spiro atoms. The minimum atomic E-state index is -0.225. The van der Waals surface area contributed by atoms with Crippen molar-refractivity contribution in [1.29, 1.82) is 0 Å². The largest absolute Gasteiger partial charge is 0.347 e. The number of thioether (sulfide) groups is 1. The number of nitrogens with one attached hydrogen (secondary N) is 1. The van der Waals surface area contributed by atoms with Gasteiger partial charge < -0.3 is 5.32 Å². The van der Waals surface area contributed by atoms with Crippen LogP contribution in [-0.4, -0.2) is 39.8 Å². The molecule has 5 nitrogen and oxygen atoms in total. The second-order valence-electron chi connectivity index (χ2n) is 8.08. The smallest absolute Gasteiger partial charge is 0.289 e. The first-order valence-electron chi connectivity index (χ1n) is 9.17. The Balaban J connectivity index is 1.72. The van der Waals surface area contributed by atoms with E-state index in [1.807, 2.05) is 24.3 Å². The SMILES string of the molecule is CC(C)(C)c1ccc(C(=O)NC2CCCCC2N2C(=O)CSC2=O)cc1. The number of carbonyl (C=O) groups excluding carboxylic acids is 3. The number of amides is 3. The lowest BCUT2D eigenvalue weighted by Crippen LogP contribution is -2.54. The maximum Gasteiger partial charge on any atom is 0.289 e. The molecule has 1 N–H and O–H groups in total.